The molecule has 25 N–H and O–H groups in total. The Kier molecular flexibility index (Phi) is 36.6. The fourth-order valence-electron chi connectivity index (χ4n) is 11.0. The molecule has 14 unspecified atom stereocenters. The van der Waals surface area contributed by atoms with E-state index in [2.05, 4.69) is 57.7 Å². The van der Waals surface area contributed by atoms with Crippen molar-refractivity contribution in [3.63, 3.8) is 0 Å². The van der Waals surface area contributed by atoms with E-state index in [0.29, 0.717) is 6.29 Å². The number of phosphoric ester groups is 1. The van der Waals surface area contributed by atoms with Crippen molar-refractivity contribution >= 4 is 115 Å². The second-order valence-electron chi connectivity index (χ2n) is 25.6. The molecule has 2 aliphatic heterocycles. The lowest BCUT2D eigenvalue weighted by Crippen LogP contribution is -2.62. The Hall–Kier alpha value is -10.3. The first-order chi connectivity index (χ1) is 49.5. The predicted molar refractivity (Wildman–Crippen MR) is 361 cm³/mol. The van der Waals surface area contributed by atoms with Crippen LogP contribution in [0.15, 0.2) is 24.3 Å². The van der Waals surface area contributed by atoms with E-state index in [1.807, 2.05) is 0 Å². The summed E-state index contributed by atoms with van der Waals surface area (Å²) >= 11 is 0. The zero-order valence-corrected chi connectivity index (χ0v) is 59.3. The molecule has 2 saturated heterocycles. The van der Waals surface area contributed by atoms with Crippen LogP contribution in [0.2, 0.25) is 0 Å². The molecular formula is C62H95N16O27P. The first-order valence-corrected chi connectivity index (χ1v) is 35.0. The molecule has 590 valence electrons. The Balaban J connectivity index is 1.97. The summed E-state index contributed by atoms with van der Waals surface area (Å²) in [4.78, 5) is 259. The van der Waals surface area contributed by atoms with Crippen LogP contribution in [0.25, 0.3) is 0 Å². The van der Waals surface area contributed by atoms with Crippen LogP contribution in [0.3, 0.4) is 0 Å². The van der Waals surface area contributed by atoms with Gasteiger partial charge in [0.05, 0.1) is 37.8 Å². The van der Waals surface area contributed by atoms with E-state index in [1.54, 1.807) is 13.8 Å². The molecule has 0 aliphatic carbocycles. The standard InChI is InChI=1S/C62H95N16O27P/c1-29(2)23-33(27-79)68-54(93)40(25-46(65)85)74-52(91)35(15-19-48(87)88)69-47(86)26-67-57(96)42-7-5-21-77(42)61(100)37(14-18-45(64)84)71-55(94)39(24-32-9-11-34(12-10-32)105-106(102,103)104)73-53(92)36(13-17-44(63)83)70-58(97)43-8-6-22-78(43)62(101)38(16-20-49(89)90)72-60(99)51(31(4)82)76-56(95)41(28-80)75-59(98)50(66)30(3)81/h9-12,27,29-31,33,35-43,50-51,80-82H,5-8,13-26,28,66H2,1-4H3,(H2,63,83)(H2,64,84)(H2,65,85)(H,67,96)(H,68,93)(H,69,86)(H,70,97)(H,71,94)(H,72,99)(H,73,92)(H,74,91)(H,75,98)(H,76,95)(H,87,88)(H,89,90)(H2,102,103,104). The van der Waals surface area contributed by atoms with Crippen LogP contribution in [-0.4, -0.2) is 263 Å². The number of carboxylic acid groups (broad SMARTS) is 2. The Morgan fingerprint density at radius 3 is 1.46 bits per heavy atom. The first kappa shape index (κ1) is 89.9. The maximum absolute atomic E-state index is 14.8. The Labute approximate surface area is 605 Å². The minimum absolute atomic E-state index is 0.0646. The van der Waals surface area contributed by atoms with Gasteiger partial charge in [0.2, 0.25) is 88.6 Å². The lowest BCUT2D eigenvalue weighted by atomic mass is 10.0. The molecule has 44 heteroatoms. The van der Waals surface area contributed by atoms with Crippen LogP contribution in [-0.2, 0) is 97.3 Å². The number of nitrogens with two attached hydrogens (primary N) is 4. The van der Waals surface area contributed by atoms with E-state index in [9.17, 15) is 126 Å². The van der Waals surface area contributed by atoms with E-state index >= 15 is 0 Å². The molecule has 0 aromatic heterocycles. The molecule has 2 aliphatic rings. The molecule has 43 nitrogen and oxygen atoms in total. The summed E-state index contributed by atoms with van der Waals surface area (Å²) in [5.74, 6) is -20.1. The third-order valence-electron chi connectivity index (χ3n) is 16.4. The lowest BCUT2D eigenvalue weighted by molar-refractivity contribution is -0.144. The Morgan fingerprint density at radius 1 is 0.547 bits per heavy atom. The van der Waals surface area contributed by atoms with Crippen LogP contribution < -0.4 is 80.6 Å². The van der Waals surface area contributed by atoms with Crippen LogP contribution in [0.5, 0.6) is 5.75 Å². The first-order valence-electron chi connectivity index (χ1n) is 33.5. The van der Waals surface area contributed by atoms with Gasteiger partial charge in [-0.1, -0.05) is 26.0 Å². The number of benzene rings is 1. The molecule has 14 atom stereocenters. The summed E-state index contributed by atoms with van der Waals surface area (Å²) in [7, 11) is -5.12. The number of nitrogens with one attached hydrogen (secondary N) is 10. The number of hydrogen-bond acceptors (Lipinski definition) is 24. The van der Waals surface area contributed by atoms with Gasteiger partial charge in [0.15, 0.2) is 0 Å². The third kappa shape index (κ3) is 30.8. The van der Waals surface area contributed by atoms with Crippen molar-refractivity contribution in [1.29, 1.82) is 0 Å². The molecular weight excluding hydrogens is 1430 g/mol. The van der Waals surface area contributed by atoms with Crippen molar-refractivity contribution in [2.24, 2.45) is 28.9 Å². The fraction of sp³-hybridized carbons (Fsp3) is 0.613. The highest BCUT2D eigenvalue weighted by Crippen LogP contribution is 2.37. The van der Waals surface area contributed by atoms with Crippen molar-refractivity contribution in [2.45, 2.75) is 209 Å². The second kappa shape index (κ2) is 43.2. The molecule has 15 amide bonds. The molecule has 0 bridgehead atoms. The van der Waals surface area contributed by atoms with Crippen LogP contribution in [0, 0.1) is 5.92 Å². The predicted octanol–water partition coefficient (Wildman–Crippen LogP) is -9.38. The summed E-state index contributed by atoms with van der Waals surface area (Å²) in [6, 6.07) is -15.6. The van der Waals surface area contributed by atoms with E-state index in [0.717, 1.165) is 35.8 Å². The van der Waals surface area contributed by atoms with Gasteiger partial charge in [-0.3, -0.25) is 91.3 Å². The average Bonchev–Trinajstić information content (AvgIpc) is 1.59. The van der Waals surface area contributed by atoms with Gasteiger partial charge in [0, 0.05) is 45.2 Å². The second-order valence-corrected chi connectivity index (χ2v) is 26.8. The molecule has 1 aromatic rings. The number of carbonyl (C=O) groups is 18. The molecule has 0 spiro atoms. The van der Waals surface area contributed by atoms with Crippen molar-refractivity contribution < 1.29 is 131 Å². The largest absolute Gasteiger partial charge is 0.524 e. The van der Waals surface area contributed by atoms with Crippen molar-refractivity contribution in [2.75, 3.05) is 26.2 Å². The minimum atomic E-state index is -5.12. The normalized spacial score (nSPS) is 17.5. The van der Waals surface area contributed by atoms with Crippen LogP contribution >= 0.6 is 7.82 Å². The number of aliphatic hydroxyl groups excluding tert-OH is 3. The van der Waals surface area contributed by atoms with Gasteiger partial charge in [-0.25, -0.2) is 4.57 Å². The molecule has 0 saturated carbocycles. The van der Waals surface area contributed by atoms with Gasteiger partial charge in [-0.2, -0.15) is 0 Å². The van der Waals surface area contributed by atoms with E-state index in [4.69, 9.17) is 22.9 Å². The Morgan fingerprint density at radius 2 is 0.991 bits per heavy atom. The number of aldehydes is 1. The number of primary amides is 3. The molecule has 0 radical (unpaired) electrons. The fourth-order valence-corrected chi connectivity index (χ4v) is 11.4. The summed E-state index contributed by atoms with van der Waals surface area (Å²) in [6.45, 7) is 3.24. The topological polar surface area (TPSA) is 706 Å². The van der Waals surface area contributed by atoms with Crippen LogP contribution in [0.4, 0.5) is 0 Å². The lowest BCUT2D eigenvalue weighted by Gasteiger charge is -2.31. The van der Waals surface area contributed by atoms with Gasteiger partial charge < -0.3 is 121 Å². The smallest absolute Gasteiger partial charge is 0.481 e. The number of amides is 15. The maximum atomic E-state index is 14.8. The zero-order valence-electron chi connectivity index (χ0n) is 58.4. The number of nitrogens with zero attached hydrogens (tertiary/aromatic N) is 2. The zero-order chi connectivity index (χ0) is 80.0. The number of phosphoric acid groups is 1. The monoisotopic (exact) mass is 1530 g/mol. The summed E-state index contributed by atoms with van der Waals surface area (Å²) in [6.07, 6.45) is -9.22. The van der Waals surface area contributed by atoms with Crippen molar-refractivity contribution in [3.05, 3.63) is 29.8 Å². The van der Waals surface area contributed by atoms with Gasteiger partial charge in [0.25, 0.3) is 0 Å². The molecule has 3 rings (SSSR count). The molecule has 1 aromatic carbocycles. The molecule has 2 heterocycles. The van der Waals surface area contributed by atoms with Crippen LogP contribution in [0.1, 0.15) is 123 Å². The number of likely N-dealkylation sites (tertiary alicyclic amines) is 2. The van der Waals surface area contributed by atoms with E-state index < -0.39 is 270 Å². The number of carboxylic acids is 2. The van der Waals surface area contributed by atoms with Gasteiger partial charge >= 0.3 is 19.8 Å². The van der Waals surface area contributed by atoms with Crippen molar-refractivity contribution in [3.8, 4) is 5.75 Å². The van der Waals surface area contributed by atoms with E-state index in [1.165, 1.54) is 12.1 Å². The highest BCUT2D eigenvalue weighted by molar-refractivity contribution is 7.46. The summed E-state index contributed by atoms with van der Waals surface area (Å²) in [5, 5.41) is 72.1. The average molecular weight is 1530 g/mol. The summed E-state index contributed by atoms with van der Waals surface area (Å²) in [5.41, 5.74) is 22.0. The quantitative estimate of drug-likeness (QED) is 0.0213. The highest BCUT2D eigenvalue weighted by Gasteiger charge is 2.43. The highest BCUT2D eigenvalue weighted by atomic mass is 31.2. The maximum Gasteiger partial charge on any atom is 0.524 e. The number of aliphatic hydroxyl groups is 3. The SMILES string of the molecule is CC(C)CC(C=O)NC(=O)C(CC(N)=O)NC(=O)C(CCC(=O)O)NC(=O)CNC(=O)C1CCCN1C(=O)C(CCC(N)=O)NC(=O)C(Cc1ccc(OP(=O)(O)O)cc1)NC(=O)C(CCC(N)=O)NC(=O)C1CCCN1C(=O)C(CCC(=O)O)NC(=O)C(NC(=O)C(CO)NC(=O)C(N)C(C)O)C(C)O. The number of carbonyl (C=O) groups excluding carboxylic acids is 16. The van der Waals surface area contributed by atoms with Gasteiger partial charge in [-0.05, 0) is 95.2 Å². The number of aliphatic carboxylic acids is 2. The number of hydrogen-bond donors (Lipinski definition) is 21. The molecule has 106 heavy (non-hydrogen) atoms. The third-order valence-corrected chi connectivity index (χ3v) is 16.9. The van der Waals surface area contributed by atoms with Gasteiger partial charge in [-0.15, -0.1) is 0 Å². The van der Waals surface area contributed by atoms with Crippen molar-refractivity contribution in [1.82, 2.24) is 63.0 Å². The van der Waals surface area contributed by atoms with Gasteiger partial charge in [0.1, 0.15) is 78.5 Å². The summed E-state index contributed by atoms with van der Waals surface area (Å²) < 4.78 is 16.3. The molecule has 2 fully saturated rings. The minimum Gasteiger partial charge on any atom is -0.481 e. The number of rotatable bonds is 46. The Bertz CT molecular complexity index is 3410. The van der Waals surface area contributed by atoms with E-state index in [-0.39, 0.29) is 62.4 Å².